The quantitative estimate of drug-likeness (QED) is 0.433. The van der Waals surface area contributed by atoms with Gasteiger partial charge in [0.2, 0.25) is 5.91 Å². The summed E-state index contributed by atoms with van der Waals surface area (Å²) in [6.45, 7) is 0.842. The second-order valence-corrected chi connectivity index (χ2v) is 3.66. The lowest BCUT2D eigenvalue weighted by atomic mass is 9.97. The highest BCUT2D eigenvalue weighted by molar-refractivity contribution is 5.73. The van der Waals surface area contributed by atoms with Crippen molar-refractivity contribution in [2.45, 2.75) is 37.6 Å². The molecule has 0 aromatic heterocycles. The maximum Gasteiger partial charge on any atom is 0.217 e. The van der Waals surface area contributed by atoms with Gasteiger partial charge in [0.05, 0.1) is 6.61 Å². The largest absolute Gasteiger partial charge is 0.394 e. The molecule has 1 saturated heterocycles. The molecule has 0 unspecified atom stereocenters. The van der Waals surface area contributed by atoms with Crippen LogP contribution >= 0.6 is 0 Å². The zero-order valence-electron chi connectivity index (χ0n) is 9.16. The third kappa shape index (κ3) is 2.69. The zero-order chi connectivity index (χ0) is 12.3. The normalized spacial score (nSPS) is 39.4. The third-order valence-corrected chi connectivity index (χ3v) is 2.51. The van der Waals surface area contributed by atoms with Crippen LogP contribution in [0, 0.1) is 0 Å². The van der Waals surface area contributed by atoms with Gasteiger partial charge >= 0.3 is 0 Å². The predicted molar refractivity (Wildman–Crippen MR) is 52.4 cm³/mol. The summed E-state index contributed by atoms with van der Waals surface area (Å²) in [6, 6.07) is -0.861. The van der Waals surface area contributed by atoms with Crippen molar-refractivity contribution in [3.8, 4) is 0 Å². The van der Waals surface area contributed by atoms with Crippen molar-refractivity contribution < 1.29 is 29.6 Å². The maximum atomic E-state index is 10.9. The van der Waals surface area contributed by atoms with Crippen molar-refractivity contribution in [3.63, 3.8) is 0 Å². The van der Waals surface area contributed by atoms with Gasteiger partial charge in [0.1, 0.15) is 24.4 Å². The minimum Gasteiger partial charge on any atom is -0.394 e. The van der Waals surface area contributed by atoms with E-state index < -0.39 is 37.3 Å². The molecule has 7 nitrogen and oxygen atoms in total. The van der Waals surface area contributed by atoms with E-state index in [0.717, 1.165) is 0 Å². The monoisotopic (exact) mass is 235 g/mol. The SMILES string of the molecule is CO[C@H]1[C@H](O)[C@H](CO)O[C@H](O)[C@H]1NC(C)=O. The summed E-state index contributed by atoms with van der Waals surface area (Å²) < 4.78 is 9.96. The third-order valence-electron chi connectivity index (χ3n) is 2.51. The number of rotatable bonds is 3. The summed E-state index contributed by atoms with van der Waals surface area (Å²) >= 11 is 0. The molecule has 1 amide bonds. The number of methoxy groups -OCH3 is 1. The predicted octanol–water partition coefficient (Wildman–Crippen LogP) is -2.42. The number of carbonyl (C=O) groups excluding carboxylic acids is 1. The molecule has 94 valence electrons. The number of aliphatic hydroxyl groups excluding tert-OH is 3. The van der Waals surface area contributed by atoms with E-state index in [4.69, 9.17) is 14.6 Å². The average molecular weight is 235 g/mol. The molecule has 5 atom stereocenters. The van der Waals surface area contributed by atoms with E-state index in [9.17, 15) is 15.0 Å². The number of hydrogen-bond donors (Lipinski definition) is 4. The number of nitrogens with one attached hydrogen (secondary N) is 1. The van der Waals surface area contributed by atoms with Crippen LogP contribution in [0.25, 0.3) is 0 Å². The molecular weight excluding hydrogens is 218 g/mol. The van der Waals surface area contributed by atoms with Crippen molar-refractivity contribution in [1.82, 2.24) is 5.32 Å². The van der Waals surface area contributed by atoms with Crippen LogP contribution in [-0.4, -0.2) is 65.6 Å². The second-order valence-electron chi connectivity index (χ2n) is 3.66. The van der Waals surface area contributed by atoms with E-state index in [1.54, 1.807) is 0 Å². The Balaban J connectivity index is 2.78. The number of amides is 1. The standard InChI is InChI=1S/C9H17NO6/c1-4(12)10-6-8(15-2)7(13)5(3-11)16-9(6)14/h5-9,11,13-14H,3H2,1-2H3,(H,10,12)/t5-,6-,7+,8+,9-/m0/s1. The van der Waals surface area contributed by atoms with Gasteiger partial charge in [-0.25, -0.2) is 0 Å². The Labute approximate surface area is 93.0 Å². The summed E-state index contributed by atoms with van der Waals surface area (Å²) in [5, 5.41) is 30.7. The second kappa shape index (κ2) is 5.55. The highest BCUT2D eigenvalue weighted by Crippen LogP contribution is 2.21. The van der Waals surface area contributed by atoms with E-state index >= 15 is 0 Å². The fraction of sp³-hybridized carbons (Fsp3) is 0.889. The molecule has 1 aliphatic heterocycles. The van der Waals surface area contributed by atoms with Crippen molar-refractivity contribution in [2.24, 2.45) is 0 Å². The minimum absolute atomic E-state index is 0.371. The van der Waals surface area contributed by atoms with Crippen molar-refractivity contribution in [1.29, 1.82) is 0 Å². The Morgan fingerprint density at radius 1 is 1.50 bits per heavy atom. The zero-order valence-corrected chi connectivity index (χ0v) is 9.16. The fourth-order valence-electron chi connectivity index (χ4n) is 1.76. The molecule has 16 heavy (non-hydrogen) atoms. The van der Waals surface area contributed by atoms with Crippen molar-refractivity contribution in [2.75, 3.05) is 13.7 Å². The number of aliphatic hydroxyl groups is 3. The molecule has 1 aliphatic rings. The highest BCUT2D eigenvalue weighted by Gasteiger charge is 2.45. The van der Waals surface area contributed by atoms with Crippen molar-refractivity contribution in [3.05, 3.63) is 0 Å². The lowest BCUT2D eigenvalue weighted by Crippen LogP contribution is -2.64. The summed E-state index contributed by atoms with van der Waals surface area (Å²) in [5.41, 5.74) is 0. The van der Waals surface area contributed by atoms with Gasteiger partial charge in [0, 0.05) is 14.0 Å². The molecule has 0 aliphatic carbocycles. The molecule has 0 radical (unpaired) electrons. The van der Waals surface area contributed by atoms with Crippen LogP contribution in [0.4, 0.5) is 0 Å². The lowest BCUT2D eigenvalue weighted by molar-refractivity contribution is -0.258. The van der Waals surface area contributed by atoms with E-state index in [1.807, 2.05) is 0 Å². The van der Waals surface area contributed by atoms with Gasteiger partial charge in [-0.3, -0.25) is 4.79 Å². The number of ether oxygens (including phenoxy) is 2. The molecule has 0 aromatic carbocycles. The van der Waals surface area contributed by atoms with Crippen molar-refractivity contribution >= 4 is 5.91 Å². The molecular formula is C9H17NO6. The first-order chi connectivity index (χ1) is 7.51. The first kappa shape index (κ1) is 13.3. The van der Waals surface area contributed by atoms with E-state index in [-0.39, 0.29) is 5.91 Å². The molecule has 1 heterocycles. The minimum atomic E-state index is -1.32. The Hall–Kier alpha value is -0.730. The number of hydrogen-bond acceptors (Lipinski definition) is 6. The topological polar surface area (TPSA) is 108 Å². The summed E-state index contributed by atoms with van der Waals surface area (Å²) in [4.78, 5) is 10.9. The van der Waals surface area contributed by atoms with Crippen LogP contribution in [0.2, 0.25) is 0 Å². The molecule has 1 rings (SSSR count). The van der Waals surface area contributed by atoms with Crippen LogP contribution in [0.1, 0.15) is 6.92 Å². The van der Waals surface area contributed by atoms with Crippen LogP contribution in [0.3, 0.4) is 0 Å². The Bertz CT molecular complexity index is 248. The molecule has 0 spiro atoms. The molecule has 7 heteroatoms. The van der Waals surface area contributed by atoms with E-state index in [1.165, 1.54) is 14.0 Å². The van der Waals surface area contributed by atoms with Crippen LogP contribution in [-0.2, 0) is 14.3 Å². The highest BCUT2D eigenvalue weighted by atomic mass is 16.6. The number of carbonyl (C=O) groups is 1. The molecule has 0 bridgehead atoms. The Morgan fingerprint density at radius 2 is 2.12 bits per heavy atom. The summed E-state index contributed by atoms with van der Waals surface area (Å²) in [6.07, 6.45) is -4.19. The molecule has 0 saturated carbocycles. The van der Waals surface area contributed by atoms with Crippen LogP contribution < -0.4 is 5.32 Å². The van der Waals surface area contributed by atoms with Crippen LogP contribution in [0.15, 0.2) is 0 Å². The van der Waals surface area contributed by atoms with E-state index in [2.05, 4.69) is 5.32 Å². The first-order valence-corrected chi connectivity index (χ1v) is 4.93. The summed E-state index contributed by atoms with van der Waals surface area (Å²) in [5.74, 6) is -0.371. The van der Waals surface area contributed by atoms with Gasteiger partial charge in [0.25, 0.3) is 0 Å². The van der Waals surface area contributed by atoms with Gasteiger partial charge in [-0.15, -0.1) is 0 Å². The van der Waals surface area contributed by atoms with Gasteiger partial charge < -0.3 is 30.1 Å². The molecule has 4 N–H and O–H groups in total. The first-order valence-electron chi connectivity index (χ1n) is 4.93. The fourth-order valence-corrected chi connectivity index (χ4v) is 1.76. The van der Waals surface area contributed by atoms with E-state index in [0.29, 0.717) is 0 Å². The van der Waals surface area contributed by atoms with Gasteiger partial charge in [-0.1, -0.05) is 0 Å². The smallest absolute Gasteiger partial charge is 0.217 e. The van der Waals surface area contributed by atoms with Gasteiger partial charge in [-0.2, -0.15) is 0 Å². The molecule has 0 aromatic rings. The van der Waals surface area contributed by atoms with Gasteiger partial charge in [-0.05, 0) is 0 Å². The maximum absolute atomic E-state index is 10.9. The van der Waals surface area contributed by atoms with Gasteiger partial charge in [0.15, 0.2) is 6.29 Å². The Kier molecular flexibility index (Phi) is 4.63. The lowest BCUT2D eigenvalue weighted by Gasteiger charge is -2.41. The van der Waals surface area contributed by atoms with Crippen LogP contribution in [0.5, 0.6) is 0 Å². The average Bonchev–Trinajstić information content (AvgIpc) is 2.23. The molecule has 1 fully saturated rings. The Morgan fingerprint density at radius 3 is 2.56 bits per heavy atom. The summed E-state index contributed by atoms with van der Waals surface area (Å²) in [7, 11) is 1.34.